The lowest BCUT2D eigenvalue weighted by molar-refractivity contribution is -0.0689. The summed E-state index contributed by atoms with van der Waals surface area (Å²) in [5.41, 5.74) is 1.79. The number of ether oxygens (including phenoxy) is 2. The molecule has 0 aromatic heterocycles. The fourth-order valence-electron chi connectivity index (χ4n) is 2.46. The predicted molar refractivity (Wildman–Crippen MR) is 61.7 cm³/mol. The summed E-state index contributed by atoms with van der Waals surface area (Å²) in [6.45, 7) is 0.0175. The van der Waals surface area contributed by atoms with Crippen LogP contribution in [0.1, 0.15) is 24.0 Å². The quantitative estimate of drug-likeness (QED) is 0.848. The maximum atomic E-state index is 9.59. The second-order valence-electron chi connectivity index (χ2n) is 4.23. The van der Waals surface area contributed by atoms with E-state index in [1.165, 1.54) is 5.56 Å². The molecule has 0 saturated carbocycles. The van der Waals surface area contributed by atoms with Crippen molar-refractivity contribution in [3.8, 4) is 5.75 Å². The van der Waals surface area contributed by atoms with E-state index in [1.54, 1.807) is 14.2 Å². The molecule has 0 aliphatic heterocycles. The summed E-state index contributed by atoms with van der Waals surface area (Å²) >= 11 is 0. The van der Waals surface area contributed by atoms with Crippen LogP contribution in [-0.2, 0) is 16.8 Å². The Bertz CT molecular complexity index is 369. The van der Waals surface area contributed by atoms with Gasteiger partial charge in [0.05, 0.1) is 13.7 Å². The van der Waals surface area contributed by atoms with Gasteiger partial charge in [-0.3, -0.25) is 0 Å². The zero-order chi connectivity index (χ0) is 11.6. The molecule has 88 valence electrons. The Morgan fingerprint density at radius 1 is 1.38 bits per heavy atom. The van der Waals surface area contributed by atoms with E-state index in [2.05, 4.69) is 6.07 Å². The van der Waals surface area contributed by atoms with Gasteiger partial charge in [0.1, 0.15) is 11.4 Å². The molecule has 0 saturated heterocycles. The van der Waals surface area contributed by atoms with Crippen molar-refractivity contribution in [3.63, 3.8) is 0 Å². The van der Waals surface area contributed by atoms with Crippen LogP contribution in [0.4, 0.5) is 0 Å². The first-order valence-corrected chi connectivity index (χ1v) is 5.59. The molecule has 1 aliphatic rings. The third kappa shape index (κ3) is 1.70. The van der Waals surface area contributed by atoms with Crippen molar-refractivity contribution in [2.45, 2.75) is 24.9 Å². The monoisotopic (exact) mass is 222 g/mol. The van der Waals surface area contributed by atoms with Crippen LogP contribution >= 0.6 is 0 Å². The highest BCUT2D eigenvalue weighted by molar-refractivity contribution is 5.41. The lowest BCUT2D eigenvalue weighted by Crippen LogP contribution is -2.36. The van der Waals surface area contributed by atoms with Crippen molar-refractivity contribution >= 4 is 0 Å². The Hall–Kier alpha value is -1.06. The van der Waals surface area contributed by atoms with E-state index < -0.39 is 5.60 Å². The molecule has 1 N–H and O–H groups in total. The summed E-state index contributed by atoms with van der Waals surface area (Å²) in [7, 11) is 3.31. The van der Waals surface area contributed by atoms with Gasteiger partial charge in [0.2, 0.25) is 0 Å². The first-order chi connectivity index (χ1) is 7.75. The van der Waals surface area contributed by atoms with Gasteiger partial charge < -0.3 is 14.6 Å². The van der Waals surface area contributed by atoms with E-state index in [0.717, 1.165) is 30.6 Å². The van der Waals surface area contributed by atoms with E-state index in [4.69, 9.17) is 9.47 Å². The third-order valence-corrected chi connectivity index (χ3v) is 3.48. The number of aliphatic hydroxyl groups excluding tert-OH is 1. The summed E-state index contributed by atoms with van der Waals surface area (Å²) in [5, 5.41) is 9.59. The molecular formula is C13H18O3. The summed E-state index contributed by atoms with van der Waals surface area (Å²) < 4.78 is 10.8. The number of benzene rings is 1. The zero-order valence-electron chi connectivity index (χ0n) is 9.82. The molecule has 1 atom stereocenters. The average molecular weight is 222 g/mol. The van der Waals surface area contributed by atoms with Gasteiger partial charge in [0.15, 0.2) is 0 Å². The van der Waals surface area contributed by atoms with Crippen LogP contribution < -0.4 is 4.74 Å². The molecule has 0 heterocycles. The summed E-state index contributed by atoms with van der Waals surface area (Å²) in [6, 6.07) is 6.01. The van der Waals surface area contributed by atoms with Gasteiger partial charge in [-0.1, -0.05) is 6.07 Å². The average Bonchev–Trinajstić information content (AvgIpc) is 2.37. The number of methoxy groups -OCH3 is 2. The van der Waals surface area contributed by atoms with Crippen LogP contribution in [0.15, 0.2) is 18.2 Å². The number of fused-ring (bicyclic) bond motifs is 1. The summed E-state index contributed by atoms with van der Waals surface area (Å²) in [4.78, 5) is 0. The van der Waals surface area contributed by atoms with Crippen LogP contribution in [0.2, 0.25) is 0 Å². The van der Waals surface area contributed by atoms with Crippen LogP contribution in [0.5, 0.6) is 5.75 Å². The molecule has 0 radical (unpaired) electrons. The lowest BCUT2D eigenvalue weighted by atomic mass is 9.79. The molecule has 1 aromatic carbocycles. The smallest absolute Gasteiger partial charge is 0.119 e. The number of rotatable bonds is 3. The molecule has 2 rings (SSSR count). The number of aliphatic hydroxyl groups is 1. The van der Waals surface area contributed by atoms with Crippen LogP contribution in [0.3, 0.4) is 0 Å². The Balaban J connectivity index is 2.50. The maximum Gasteiger partial charge on any atom is 0.119 e. The van der Waals surface area contributed by atoms with E-state index >= 15 is 0 Å². The lowest BCUT2D eigenvalue weighted by Gasteiger charge is -2.36. The van der Waals surface area contributed by atoms with Gasteiger partial charge in [-0.25, -0.2) is 0 Å². The molecule has 1 unspecified atom stereocenters. The second-order valence-corrected chi connectivity index (χ2v) is 4.23. The van der Waals surface area contributed by atoms with Gasteiger partial charge in [-0.2, -0.15) is 0 Å². The van der Waals surface area contributed by atoms with Crippen LogP contribution in [0, 0.1) is 0 Å². The first-order valence-electron chi connectivity index (χ1n) is 5.59. The highest BCUT2D eigenvalue weighted by atomic mass is 16.5. The molecule has 0 bridgehead atoms. The van der Waals surface area contributed by atoms with Gasteiger partial charge >= 0.3 is 0 Å². The Morgan fingerprint density at radius 2 is 2.19 bits per heavy atom. The summed E-state index contributed by atoms with van der Waals surface area (Å²) in [6.07, 6.45) is 2.96. The van der Waals surface area contributed by atoms with Crippen molar-refractivity contribution in [1.82, 2.24) is 0 Å². The van der Waals surface area contributed by atoms with Crippen molar-refractivity contribution in [2.75, 3.05) is 20.8 Å². The molecule has 0 fully saturated rings. The predicted octanol–water partition coefficient (Wildman–Crippen LogP) is 1.87. The Morgan fingerprint density at radius 3 is 2.81 bits per heavy atom. The Kier molecular flexibility index (Phi) is 3.17. The molecule has 1 aromatic rings. The van der Waals surface area contributed by atoms with Gasteiger partial charge in [-0.15, -0.1) is 0 Å². The van der Waals surface area contributed by atoms with E-state index in [9.17, 15) is 5.11 Å². The molecular weight excluding hydrogens is 204 g/mol. The van der Waals surface area contributed by atoms with Gasteiger partial charge in [0, 0.05) is 7.11 Å². The number of hydrogen-bond acceptors (Lipinski definition) is 3. The van der Waals surface area contributed by atoms with Crippen LogP contribution in [-0.4, -0.2) is 25.9 Å². The maximum absolute atomic E-state index is 9.59. The molecule has 1 aliphatic carbocycles. The minimum Gasteiger partial charge on any atom is -0.497 e. The SMILES string of the molecule is COc1ccc2c(c1)C(CO)(OC)CCC2. The molecule has 0 spiro atoms. The molecule has 16 heavy (non-hydrogen) atoms. The summed E-state index contributed by atoms with van der Waals surface area (Å²) in [5.74, 6) is 0.815. The third-order valence-electron chi connectivity index (χ3n) is 3.48. The molecule has 3 heteroatoms. The fraction of sp³-hybridized carbons (Fsp3) is 0.538. The fourth-order valence-corrected chi connectivity index (χ4v) is 2.46. The zero-order valence-corrected chi connectivity index (χ0v) is 9.82. The van der Waals surface area contributed by atoms with E-state index in [-0.39, 0.29) is 6.61 Å². The van der Waals surface area contributed by atoms with E-state index in [1.807, 2.05) is 12.1 Å². The largest absolute Gasteiger partial charge is 0.497 e. The van der Waals surface area contributed by atoms with Crippen LogP contribution in [0.25, 0.3) is 0 Å². The number of aryl methyl sites for hydroxylation is 1. The molecule has 3 nitrogen and oxygen atoms in total. The van der Waals surface area contributed by atoms with Crippen molar-refractivity contribution < 1.29 is 14.6 Å². The highest BCUT2D eigenvalue weighted by Gasteiger charge is 2.36. The first kappa shape index (κ1) is 11.4. The van der Waals surface area contributed by atoms with Crippen molar-refractivity contribution in [1.29, 1.82) is 0 Å². The highest BCUT2D eigenvalue weighted by Crippen LogP contribution is 2.39. The normalized spacial score (nSPS) is 23.9. The standard InChI is InChI=1S/C13H18O3/c1-15-11-6-5-10-4-3-7-13(9-14,16-2)12(10)8-11/h5-6,8,14H,3-4,7,9H2,1-2H3. The van der Waals surface area contributed by atoms with E-state index in [0.29, 0.717) is 0 Å². The van der Waals surface area contributed by atoms with Gasteiger partial charge in [0.25, 0.3) is 0 Å². The van der Waals surface area contributed by atoms with Crippen molar-refractivity contribution in [3.05, 3.63) is 29.3 Å². The number of hydrogen-bond donors (Lipinski definition) is 1. The minimum atomic E-state index is -0.540. The topological polar surface area (TPSA) is 38.7 Å². The Labute approximate surface area is 96.0 Å². The minimum absolute atomic E-state index is 0.0175. The van der Waals surface area contributed by atoms with Crippen molar-refractivity contribution in [2.24, 2.45) is 0 Å². The molecule has 0 amide bonds. The van der Waals surface area contributed by atoms with Gasteiger partial charge in [-0.05, 0) is 42.5 Å². The second kappa shape index (κ2) is 4.44.